The van der Waals surface area contributed by atoms with E-state index in [2.05, 4.69) is 9.88 Å². The second-order valence-electron chi connectivity index (χ2n) is 8.21. The van der Waals surface area contributed by atoms with Crippen LogP contribution in [-0.4, -0.2) is 32.3 Å². The van der Waals surface area contributed by atoms with Gasteiger partial charge in [0.25, 0.3) is 5.56 Å². The third-order valence-electron chi connectivity index (χ3n) is 6.33. The third kappa shape index (κ3) is 3.05. The number of aryl methyl sites for hydroxylation is 4. The summed E-state index contributed by atoms with van der Waals surface area (Å²) in [5.74, 6) is 1.98. The van der Waals surface area contributed by atoms with E-state index in [1.165, 1.54) is 30.5 Å². The first kappa shape index (κ1) is 16.9. The van der Waals surface area contributed by atoms with Gasteiger partial charge in [-0.2, -0.15) is 5.10 Å². The predicted molar refractivity (Wildman–Crippen MR) is 104 cm³/mol. The van der Waals surface area contributed by atoms with Crippen LogP contribution < -0.4 is 10.5 Å². The van der Waals surface area contributed by atoms with Crippen LogP contribution >= 0.6 is 0 Å². The van der Waals surface area contributed by atoms with Gasteiger partial charge < -0.3 is 4.90 Å². The fraction of sp³-hybridized carbons (Fsp3) is 0.619. The summed E-state index contributed by atoms with van der Waals surface area (Å²) in [5, 5.41) is 4.74. The molecule has 1 unspecified atom stereocenters. The molecular formula is C21H27N5O. The summed E-state index contributed by atoms with van der Waals surface area (Å²) >= 11 is 0. The van der Waals surface area contributed by atoms with Crippen molar-refractivity contribution in [3.8, 4) is 0 Å². The molecule has 1 aliphatic heterocycles. The van der Waals surface area contributed by atoms with E-state index in [0.717, 1.165) is 68.0 Å². The van der Waals surface area contributed by atoms with E-state index in [4.69, 9.17) is 10.1 Å². The highest BCUT2D eigenvalue weighted by Crippen LogP contribution is 2.33. The Morgan fingerprint density at radius 1 is 1.04 bits per heavy atom. The number of hydrogen-bond donors (Lipinski definition) is 0. The number of nitrogens with zero attached hydrogens (tertiary/aromatic N) is 5. The topological polar surface area (TPSA) is 63.9 Å². The van der Waals surface area contributed by atoms with Crippen LogP contribution in [-0.2, 0) is 32.2 Å². The summed E-state index contributed by atoms with van der Waals surface area (Å²) in [7, 11) is 0. The molecule has 2 aromatic heterocycles. The summed E-state index contributed by atoms with van der Waals surface area (Å²) in [5.41, 5.74) is 4.90. The minimum atomic E-state index is 0.0478. The van der Waals surface area contributed by atoms with Gasteiger partial charge in [-0.15, -0.1) is 0 Å². The molecule has 0 aromatic carbocycles. The summed E-state index contributed by atoms with van der Waals surface area (Å²) < 4.78 is 1.71. The zero-order valence-corrected chi connectivity index (χ0v) is 16.1. The molecule has 2 aromatic rings. The molecule has 1 saturated heterocycles. The van der Waals surface area contributed by atoms with Gasteiger partial charge in [0.05, 0.1) is 18.3 Å². The highest BCUT2D eigenvalue weighted by molar-refractivity contribution is 5.52. The highest BCUT2D eigenvalue weighted by Gasteiger charge is 2.31. The van der Waals surface area contributed by atoms with Crippen molar-refractivity contribution >= 4 is 5.82 Å². The standard InChI is InChI=1S/C21H27N5O/c1-14-22-19-10-4-8-17(19)21(23-14)25-11-5-7-16(25)13-26-20(27)12-15-6-2-3-9-18(15)24-26/h12,16H,2-11,13H2,1H3. The molecule has 6 nitrogen and oxygen atoms in total. The molecule has 1 fully saturated rings. The first-order chi connectivity index (χ1) is 13.2. The van der Waals surface area contributed by atoms with Crippen molar-refractivity contribution in [3.05, 3.63) is 44.8 Å². The van der Waals surface area contributed by atoms with Gasteiger partial charge in [-0.05, 0) is 70.3 Å². The van der Waals surface area contributed by atoms with E-state index in [9.17, 15) is 4.79 Å². The quantitative estimate of drug-likeness (QED) is 0.836. The molecule has 2 aliphatic carbocycles. The van der Waals surface area contributed by atoms with Gasteiger partial charge in [0.1, 0.15) is 11.6 Å². The molecule has 5 rings (SSSR count). The lowest BCUT2D eigenvalue weighted by Gasteiger charge is -2.28. The van der Waals surface area contributed by atoms with E-state index in [1.807, 2.05) is 13.0 Å². The molecular weight excluding hydrogens is 338 g/mol. The molecule has 3 aliphatic rings. The SMILES string of the molecule is Cc1nc2c(c(N3CCCC3Cn3nc4c(cc3=O)CCCC4)n1)CCC2. The van der Waals surface area contributed by atoms with Gasteiger partial charge >= 0.3 is 0 Å². The molecule has 0 saturated carbocycles. The molecule has 0 radical (unpaired) electrons. The first-order valence-electron chi connectivity index (χ1n) is 10.4. The largest absolute Gasteiger partial charge is 0.351 e. The van der Waals surface area contributed by atoms with E-state index >= 15 is 0 Å². The number of aromatic nitrogens is 4. The number of hydrogen-bond acceptors (Lipinski definition) is 5. The van der Waals surface area contributed by atoms with E-state index in [-0.39, 0.29) is 11.6 Å². The van der Waals surface area contributed by atoms with Crippen LogP contribution in [0, 0.1) is 6.92 Å². The zero-order valence-electron chi connectivity index (χ0n) is 16.1. The Morgan fingerprint density at radius 3 is 2.81 bits per heavy atom. The van der Waals surface area contributed by atoms with Crippen molar-refractivity contribution in [2.75, 3.05) is 11.4 Å². The van der Waals surface area contributed by atoms with Gasteiger partial charge in [0.15, 0.2) is 0 Å². The third-order valence-corrected chi connectivity index (χ3v) is 6.33. The molecule has 6 heteroatoms. The van der Waals surface area contributed by atoms with Crippen molar-refractivity contribution in [2.45, 2.75) is 77.3 Å². The lowest BCUT2D eigenvalue weighted by atomic mass is 9.97. The Bertz CT molecular complexity index is 935. The Labute approximate surface area is 159 Å². The Balaban J connectivity index is 1.46. The maximum Gasteiger partial charge on any atom is 0.267 e. The van der Waals surface area contributed by atoms with Crippen LogP contribution in [0.2, 0.25) is 0 Å². The second kappa shape index (κ2) is 6.73. The molecule has 142 valence electrons. The molecule has 0 N–H and O–H groups in total. The molecule has 3 heterocycles. The number of fused-ring (bicyclic) bond motifs is 2. The van der Waals surface area contributed by atoms with Gasteiger partial charge in [-0.1, -0.05) is 0 Å². The summed E-state index contributed by atoms with van der Waals surface area (Å²) in [6.07, 6.45) is 9.90. The first-order valence-corrected chi connectivity index (χ1v) is 10.4. The summed E-state index contributed by atoms with van der Waals surface area (Å²) in [6, 6.07) is 2.11. The summed E-state index contributed by atoms with van der Waals surface area (Å²) in [4.78, 5) is 24.5. The monoisotopic (exact) mass is 365 g/mol. The van der Waals surface area contributed by atoms with Crippen LogP contribution in [0.3, 0.4) is 0 Å². The Morgan fingerprint density at radius 2 is 1.89 bits per heavy atom. The Kier molecular flexibility index (Phi) is 4.21. The van der Waals surface area contributed by atoms with Crippen molar-refractivity contribution in [1.29, 1.82) is 0 Å². The minimum Gasteiger partial charge on any atom is -0.351 e. The van der Waals surface area contributed by atoms with E-state index in [0.29, 0.717) is 6.54 Å². The number of anilines is 1. The van der Waals surface area contributed by atoms with Crippen LogP contribution in [0.4, 0.5) is 5.82 Å². The normalized spacial score (nSPS) is 21.4. The average molecular weight is 365 g/mol. The van der Waals surface area contributed by atoms with Gasteiger partial charge in [0, 0.05) is 23.9 Å². The van der Waals surface area contributed by atoms with Crippen LogP contribution in [0.1, 0.15) is 60.4 Å². The highest BCUT2D eigenvalue weighted by atomic mass is 16.1. The predicted octanol–water partition coefficient (Wildman–Crippen LogP) is 2.38. The fourth-order valence-corrected chi connectivity index (χ4v) is 5.01. The molecule has 1 atom stereocenters. The average Bonchev–Trinajstić information content (AvgIpc) is 3.31. The summed E-state index contributed by atoms with van der Waals surface area (Å²) in [6.45, 7) is 3.65. The maximum absolute atomic E-state index is 12.6. The van der Waals surface area contributed by atoms with Crippen molar-refractivity contribution in [2.24, 2.45) is 0 Å². The van der Waals surface area contributed by atoms with Gasteiger partial charge in [0.2, 0.25) is 0 Å². The van der Waals surface area contributed by atoms with Gasteiger partial charge in [-0.25, -0.2) is 14.6 Å². The van der Waals surface area contributed by atoms with Crippen molar-refractivity contribution in [1.82, 2.24) is 19.7 Å². The van der Waals surface area contributed by atoms with Crippen molar-refractivity contribution in [3.63, 3.8) is 0 Å². The number of rotatable bonds is 3. The smallest absolute Gasteiger partial charge is 0.267 e. The minimum absolute atomic E-state index is 0.0478. The molecule has 0 amide bonds. The zero-order chi connectivity index (χ0) is 18.4. The Hall–Kier alpha value is -2.24. The van der Waals surface area contributed by atoms with E-state index in [1.54, 1.807) is 4.68 Å². The van der Waals surface area contributed by atoms with E-state index < -0.39 is 0 Å². The fourth-order valence-electron chi connectivity index (χ4n) is 5.01. The molecule has 0 spiro atoms. The lowest BCUT2D eigenvalue weighted by Crippen LogP contribution is -2.38. The van der Waals surface area contributed by atoms with Gasteiger partial charge in [-0.3, -0.25) is 4.79 Å². The second-order valence-corrected chi connectivity index (χ2v) is 8.21. The van der Waals surface area contributed by atoms with Crippen molar-refractivity contribution < 1.29 is 0 Å². The lowest BCUT2D eigenvalue weighted by molar-refractivity contribution is 0.471. The van der Waals surface area contributed by atoms with Crippen LogP contribution in [0.15, 0.2) is 10.9 Å². The van der Waals surface area contributed by atoms with Crippen LogP contribution in [0.5, 0.6) is 0 Å². The maximum atomic E-state index is 12.6. The van der Waals surface area contributed by atoms with Crippen LogP contribution in [0.25, 0.3) is 0 Å². The molecule has 0 bridgehead atoms. The molecule has 27 heavy (non-hydrogen) atoms.